The number of hydrogen-bond donors (Lipinski definition) is 1. The first kappa shape index (κ1) is 30.0. The third-order valence-electron chi connectivity index (χ3n) is 9.54. The van der Waals surface area contributed by atoms with Gasteiger partial charge in [-0.15, -0.1) is 0 Å². The molecule has 5 aromatic rings. The minimum absolute atomic E-state index is 0.00921. The molecular weight excluding hydrogens is 605 g/mol. The maximum Gasteiger partial charge on any atom is 0.246 e. The van der Waals surface area contributed by atoms with Crippen molar-refractivity contribution < 1.29 is 14.3 Å². The number of carbonyl (C=O) groups excluding carboxylic acids is 1. The fourth-order valence-electron chi connectivity index (χ4n) is 7.04. The van der Waals surface area contributed by atoms with Crippen LogP contribution in [-0.2, 0) is 4.79 Å². The highest BCUT2D eigenvalue weighted by Gasteiger charge is 2.35. The Balaban J connectivity index is 1.44. The summed E-state index contributed by atoms with van der Waals surface area (Å²) in [6.07, 6.45) is 4.41. The maximum absolute atomic E-state index is 17.0. The summed E-state index contributed by atoms with van der Waals surface area (Å²) in [4.78, 5) is 28.3. The van der Waals surface area contributed by atoms with Crippen molar-refractivity contribution in [1.82, 2.24) is 24.3 Å². The average molecular weight is 638 g/mol. The lowest BCUT2D eigenvalue weighted by Gasteiger charge is -2.43. The second-order valence-electron chi connectivity index (χ2n) is 12.4. The number of phenolic OH excluding ortho intramolecular Hbond substituents is 1. The summed E-state index contributed by atoms with van der Waals surface area (Å²) in [6.45, 7) is 5.53. The van der Waals surface area contributed by atoms with E-state index in [1.54, 1.807) is 23.4 Å². The third kappa shape index (κ3) is 4.82. The molecule has 7 rings (SSSR count). The smallest absolute Gasteiger partial charge is 0.246 e. The number of carbonyl (C=O) groups is 1. The van der Waals surface area contributed by atoms with E-state index in [1.807, 2.05) is 42.9 Å². The molecule has 2 aliphatic rings. The quantitative estimate of drug-likeness (QED) is 0.219. The Morgan fingerprint density at radius 3 is 2.74 bits per heavy atom. The Bertz CT molecular complexity index is 2080. The van der Waals surface area contributed by atoms with Crippen molar-refractivity contribution in [3.63, 3.8) is 0 Å². The lowest BCUT2D eigenvalue weighted by molar-refractivity contribution is -0.130. The predicted octanol–water partition coefficient (Wildman–Crippen LogP) is 6.28. The van der Waals surface area contributed by atoms with Crippen LogP contribution in [0.5, 0.6) is 5.75 Å². The van der Waals surface area contributed by atoms with Gasteiger partial charge in [0.05, 0.1) is 29.4 Å². The Morgan fingerprint density at radius 1 is 1.22 bits per heavy atom. The SMILES string of the molecule is C=CC(=O)N1CC[C@H](n2cnc3c(N4CC(N(C)C)C4)nc4c(F)c(-c5cc(O)cc6ccccc56)c(Cl)cc4c32)C[C@H]1CC#N. The summed E-state index contributed by atoms with van der Waals surface area (Å²) in [5.41, 5.74) is 2.18. The number of aromatic hydroxyl groups is 1. The summed E-state index contributed by atoms with van der Waals surface area (Å²) in [5.74, 6) is -0.164. The Labute approximate surface area is 270 Å². The average Bonchev–Trinajstić information content (AvgIpc) is 3.46. The number of aromatic nitrogens is 3. The van der Waals surface area contributed by atoms with Crippen molar-refractivity contribution in [3.8, 4) is 22.9 Å². The largest absolute Gasteiger partial charge is 0.508 e. The van der Waals surface area contributed by atoms with E-state index in [0.29, 0.717) is 53.2 Å². The number of hydrogen-bond acceptors (Lipinski definition) is 7. The Kier molecular flexibility index (Phi) is 7.54. The Hall–Kier alpha value is -4.72. The molecule has 9 nitrogen and oxygen atoms in total. The molecule has 0 saturated carbocycles. The highest BCUT2D eigenvalue weighted by atomic mass is 35.5. The number of phenols is 1. The van der Waals surface area contributed by atoms with Crippen molar-refractivity contribution in [2.45, 2.75) is 37.4 Å². The molecule has 46 heavy (non-hydrogen) atoms. The first-order chi connectivity index (χ1) is 22.2. The van der Waals surface area contributed by atoms with Gasteiger partial charge in [0, 0.05) is 48.7 Å². The molecule has 2 aromatic heterocycles. The monoisotopic (exact) mass is 637 g/mol. The van der Waals surface area contributed by atoms with E-state index in [0.717, 1.165) is 23.9 Å². The van der Waals surface area contributed by atoms with Crippen molar-refractivity contribution in [1.29, 1.82) is 5.26 Å². The molecule has 2 aliphatic heterocycles. The molecule has 0 spiro atoms. The van der Waals surface area contributed by atoms with Crippen LogP contribution in [-0.4, -0.2) is 81.2 Å². The Morgan fingerprint density at radius 2 is 2.00 bits per heavy atom. The zero-order chi connectivity index (χ0) is 32.3. The molecule has 4 heterocycles. The molecule has 0 bridgehead atoms. The number of fused-ring (bicyclic) bond motifs is 4. The number of imidazole rings is 1. The number of anilines is 1. The van der Waals surface area contributed by atoms with Crippen LogP contribution in [0.3, 0.4) is 0 Å². The minimum atomic E-state index is -0.576. The molecule has 0 radical (unpaired) electrons. The van der Waals surface area contributed by atoms with Crippen molar-refractivity contribution in [2.24, 2.45) is 0 Å². The molecule has 2 fully saturated rings. The molecule has 2 saturated heterocycles. The molecule has 234 valence electrons. The predicted molar refractivity (Wildman–Crippen MR) is 178 cm³/mol. The number of halogens is 2. The molecule has 1 N–H and O–H groups in total. The summed E-state index contributed by atoms with van der Waals surface area (Å²) in [7, 11) is 4.07. The number of nitrogens with zero attached hydrogens (tertiary/aromatic N) is 7. The van der Waals surface area contributed by atoms with Crippen LogP contribution in [0.15, 0.2) is 61.4 Å². The van der Waals surface area contributed by atoms with Gasteiger partial charge in [0.25, 0.3) is 0 Å². The summed E-state index contributed by atoms with van der Waals surface area (Å²) >= 11 is 6.95. The van der Waals surface area contributed by atoms with Gasteiger partial charge in [0.1, 0.15) is 16.8 Å². The van der Waals surface area contributed by atoms with Gasteiger partial charge in [0.2, 0.25) is 5.91 Å². The molecule has 3 aromatic carbocycles. The molecule has 1 amide bonds. The second-order valence-corrected chi connectivity index (χ2v) is 12.8. The second kappa shape index (κ2) is 11.6. The standard InChI is InChI=1S/C35H33ClFN7O2/c1-4-29(46)43-12-10-22(14-21(43)9-11-38)44-19-39-33-34(44)27-16-28(36)30(26-15-24(45)13-20-7-5-6-8-25(20)26)31(37)32(27)40-35(33)42-17-23(18-42)41(2)3/h4-8,13,15-16,19,21-23,45H,1,9-10,12,14,17-18H2,2-3H3/t21-,22+/m1/s1. The van der Waals surface area contributed by atoms with Crippen LogP contribution in [0, 0.1) is 17.1 Å². The van der Waals surface area contributed by atoms with E-state index in [2.05, 4.69) is 22.4 Å². The van der Waals surface area contributed by atoms with Crippen LogP contribution in [0.4, 0.5) is 10.2 Å². The molecule has 2 atom stereocenters. The summed E-state index contributed by atoms with van der Waals surface area (Å²) in [6, 6.07) is 14.6. The van der Waals surface area contributed by atoms with Gasteiger partial charge in [-0.2, -0.15) is 5.26 Å². The molecule has 0 unspecified atom stereocenters. The summed E-state index contributed by atoms with van der Waals surface area (Å²) in [5, 5.41) is 22.4. The van der Waals surface area contributed by atoms with Crippen LogP contribution in [0.2, 0.25) is 5.02 Å². The fourth-order valence-corrected chi connectivity index (χ4v) is 7.33. The van der Waals surface area contributed by atoms with Crippen molar-refractivity contribution in [3.05, 3.63) is 72.3 Å². The van der Waals surface area contributed by atoms with E-state index in [1.165, 1.54) is 12.1 Å². The molecular formula is C35H33ClFN7O2. The zero-order valence-corrected chi connectivity index (χ0v) is 26.4. The molecule has 0 aliphatic carbocycles. The first-order valence-electron chi connectivity index (χ1n) is 15.3. The number of piperidine rings is 1. The minimum Gasteiger partial charge on any atom is -0.508 e. The maximum atomic E-state index is 17.0. The van der Waals surface area contributed by atoms with E-state index < -0.39 is 5.82 Å². The van der Waals surface area contributed by atoms with Gasteiger partial charge in [-0.25, -0.2) is 14.4 Å². The lowest BCUT2D eigenvalue weighted by Crippen LogP contribution is -2.57. The zero-order valence-electron chi connectivity index (χ0n) is 25.6. The van der Waals surface area contributed by atoms with Gasteiger partial charge in [0.15, 0.2) is 11.6 Å². The third-order valence-corrected chi connectivity index (χ3v) is 9.84. The van der Waals surface area contributed by atoms with Crippen LogP contribution < -0.4 is 4.90 Å². The van der Waals surface area contributed by atoms with Crippen LogP contribution >= 0.6 is 11.6 Å². The van der Waals surface area contributed by atoms with Crippen molar-refractivity contribution in [2.75, 3.05) is 38.6 Å². The number of amides is 1. The highest BCUT2D eigenvalue weighted by molar-refractivity contribution is 6.35. The highest BCUT2D eigenvalue weighted by Crippen LogP contribution is 2.44. The van der Waals surface area contributed by atoms with Gasteiger partial charge in [-0.1, -0.05) is 42.4 Å². The van der Waals surface area contributed by atoms with Crippen LogP contribution in [0.25, 0.3) is 43.8 Å². The van der Waals surface area contributed by atoms with E-state index >= 15 is 4.39 Å². The lowest BCUT2D eigenvalue weighted by atomic mass is 9.94. The molecule has 11 heteroatoms. The van der Waals surface area contributed by atoms with E-state index in [9.17, 15) is 15.2 Å². The van der Waals surface area contributed by atoms with Crippen LogP contribution in [0.1, 0.15) is 25.3 Å². The number of rotatable bonds is 6. The van der Waals surface area contributed by atoms with Gasteiger partial charge in [-0.05, 0) is 67.5 Å². The normalized spacial score (nSPS) is 18.8. The van der Waals surface area contributed by atoms with E-state index in [4.69, 9.17) is 21.6 Å². The number of pyridine rings is 1. The number of benzene rings is 3. The first-order valence-corrected chi connectivity index (χ1v) is 15.7. The van der Waals surface area contributed by atoms with Gasteiger partial charge < -0.3 is 24.4 Å². The fraction of sp³-hybridized carbons (Fsp3) is 0.314. The van der Waals surface area contributed by atoms with Gasteiger partial charge in [-0.3, -0.25) is 4.79 Å². The number of likely N-dealkylation sites (tertiary alicyclic amines) is 1. The van der Waals surface area contributed by atoms with Crippen molar-refractivity contribution >= 4 is 56.0 Å². The number of likely N-dealkylation sites (N-methyl/N-ethyl adjacent to an activating group) is 1. The van der Waals surface area contributed by atoms with Gasteiger partial charge >= 0.3 is 0 Å². The topological polar surface area (TPSA) is 102 Å². The summed E-state index contributed by atoms with van der Waals surface area (Å²) < 4.78 is 19.1. The van der Waals surface area contributed by atoms with E-state index in [-0.39, 0.29) is 46.3 Å². The number of nitriles is 1.